The van der Waals surface area contributed by atoms with Crippen LogP contribution in [-0.2, 0) is 16.0 Å². The SMILES string of the molecule is CN(CC1CC1)C(=O)[C@@H]1CS[C@H](Cc2ccccc2F)C(=O)N1. The van der Waals surface area contributed by atoms with E-state index in [1.807, 2.05) is 0 Å². The summed E-state index contributed by atoms with van der Waals surface area (Å²) in [5, 5.41) is 2.46. The summed E-state index contributed by atoms with van der Waals surface area (Å²) < 4.78 is 13.7. The van der Waals surface area contributed by atoms with Gasteiger partial charge >= 0.3 is 0 Å². The van der Waals surface area contributed by atoms with Gasteiger partial charge in [-0.25, -0.2) is 4.39 Å². The Morgan fingerprint density at radius 1 is 1.39 bits per heavy atom. The molecule has 3 rings (SSSR count). The number of carbonyl (C=O) groups is 2. The van der Waals surface area contributed by atoms with Crippen LogP contribution in [0.1, 0.15) is 18.4 Å². The van der Waals surface area contributed by atoms with Gasteiger partial charge in [-0.1, -0.05) is 18.2 Å². The lowest BCUT2D eigenvalue weighted by Gasteiger charge is -2.31. The van der Waals surface area contributed by atoms with Crippen LogP contribution in [0, 0.1) is 11.7 Å². The van der Waals surface area contributed by atoms with E-state index in [2.05, 4.69) is 5.32 Å². The van der Waals surface area contributed by atoms with Crippen LogP contribution in [0.15, 0.2) is 24.3 Å². The molecule has 2 fully saturated rings. The fourth-order valence-corrected chi connectivity index (χ4v) is 3.95. The summed E-state index contributed by atoms with van der Waals surface area (Å²) in [5.41, 5.74) is 0.538. The summed E-state index contributed by atoms with van der Waals surface area (Å²) in [6, 6.07) is 6.04. The second-order valence-corrected chi connectivity index (χ2v) is 7.58. The lowest BCUT2D eigenvalue weighted by atomic mass is 10.1. The molecule has 0 unspecified atom stereocenters. The van der Waals surface area contributed by atoms with Crippen molar-refractivity contribution in [2.24, 2.45) is 5.92 Å². The molecule has 2 atom stereocenters. The van der Waals surface area contributed by atoms with Crippen molar-refractivity contribution in [3.63, 3.8) is 0 Å². The van der Waals surface area contributed by atoms with Crippen molar-refractivity contribution < 1.29 is 14.0 Å². The van der Waals surface area contributed by atoms with Gasteiger partial charge in [0.2, 0.25) is 11.8 Å². The summed E-state index contributed by atoms with van der Waals surface area (Å²) >= 11 is 1.44. The molecule has 23 heavy (non-hydrogen) atoms. The van der Waals surface area contributed by atoms with E-state index in [-0.39, 0.29) is 22.9 Å². The first-order valence-corrected chi connectivity index (χ1v) is 9.00. The second-order valence-electron chi connectivity index (χ2n) is 6.34. The van der Waals surface area contributed by atoms with Gasteiger partial charge < -0.3 is 10.2 Å². The van der Waals surface area contributed by atoms with Crippen molar-refractivity contribution in [3.05, 3.63) is 35.6 Å². The number of nitrogens with zero attached hydrogens (tertiary/aromatic N) is 1. The highest BCUT2D eigenvalue weighted by molar-refractivity contribution is 8.00. The average molecular weight is 336 g/mol. The molecule has 0 bridgehead atoms. The van der Waals surface area contributed by atoms with Gasteiger partial charge in [0.15, 0.2) is 0 Å². The Balaban J connectivity index is 1.55. The monoisotopic (exact) mass is 336 g/mol. The number of halogens is 1. The third-order valence-corrected chi connectivity index (χ3v) is 5.65. The van der Waals surface area contributed by atoms with E-state index in [0.29, 0.717) is 23.7 Å². The summed E-state index contributed by atoms with van der Waals surface area (Å²) in [7, 11) is 1.79. The highest BCUT2D eigenvalue weighted by Gasteiger charge is 2.35. The molecule has 1 saturated carbocycles. The number of hydrogen-bond acceptors (Lipinski definition) is 3. The van der Waals surface area contributed by atoms with Gasteiger partial charge in [0.25, 0.3) is 0 Å². The lowest BCUT2D eigenvalue weighted by Crippen LogP contribution is -2.55. The molecule has 124 valence electrons. The summed E-state index contributed by atoms with van der Waals surface area (Å²) in [4.78, 5) is 26.3. The molecular weight excluding hydrogens is 315 g/mol. The van der Waals surface area contributed by atoms with Gasteiger partial charge in [-0.3, -0.25) is 9.59 Å². The molecule has 1 aliphatic heterocycles. The zero-order chi connectivity index (χ0) is 16.4. The Kier molecular flexibility index (Phi) is 4.90. The van der Waals surface area contributed by atoms with Crippen LogP contribution in [0.5, 0.6) is 0 Å². The van der Waals surface area contributed by atoms with E-state index in [0.717, 1.165) is 6.54 Å². The van der Waals surface area contributed by atoms with Crippen molar-refractivity contribution in [2.75, 3.05) is 19.3 Å². The fourth-order valence-electron chi connectivity index (χ4n) is 2.79. The highest BCUT2D eigenvalue weighted by atomic mass is 32.2. The quantitative estimate of drug-likeness (QED) is 0.893. The number of nitrogens with one attached hydrogen (secondary N) is 1. The Labute approximate surface area is 139 Å². The first kappa shape index (κ1) is 16.3. The average Bonchev–Trinajstić information content (AvgIpc) is 3.34. The summed E-state index contributed by atoms with van der Waals surface area (Å²) in [5.74, 6) is 0.677. The van der Waals surface area contributed by atoms with Crippen LogP contribution in [0.2, 0.25) is 0 Å². The van der Waals surface area contributed by atoms with E-state index >= 15 is 0 Å². The standard InChI is InChI=1S/C17H21FN2O2S/c1-20(9-11-6-7-11)17(22)14-10-23-15(16(21)19-14)8-12-4-2-3-5-13(12)18/h2-5,11,14-15H,6-10H2,1H3,(H,19,21)/t14-,15+/m0/s1. The van der Waals surface area contributed by atoms with Gasteiger partial charge in [0.1, 0.15) is 11.9 Å². The Morgan fingerprint density at radius 2 is 2.13 bits per heavy atom. The van der Waals surface area contributed by atoms with E-state index in [1.165, 1.54) is 30.7 Å². The van der Waals surface area contributed by atoms with Crippen LogP contribution < -0.4 is 5.32 Å². The van der Waals surface area contributed by atoms with Crippen LogP contribution >= 0.6 is 11.8 Å². The molecule has 4 nitrogen and oxygen atoms in total. The molecule has 1 aromatic carbocycles. The molecule has 1 saturated heterocycles. The third kappa shape index (κ3) is 4.05. The Morgan fingerprint density at radius 3 is 2.78 bits per heavy atom. The molecule has 1 heterocycles. The number of hydrogen-bond donors (Lipinski definition) is 1. The van der Waals surface area contributed by atoms with Gasteiger partial charge in [-0.2, -0.15) is 0 Å². The first-order valence-electron chi connectivity index (χ1n) is 7.95. The van der Waals surface area contributed by atoms with E-state index < -0.39 is 6.04 Å². The summed E-state index contributed by atoms with van der Waals surface area (Å²) in [6.45, 7) is 0.772. The number of carbonyl (C=O) groups excluding carboxylic acids is 2. The lowest BCUT2D eigenvalue weighted by molar-refractivity contribution is -0.135. The van der Waals surface area contributed by atoms with Crippen LogP contribution in [0.4, 0.5) is 4.39 Å². The van der Waals surface area contributed by atoms with E-state index in [4.69, 9.17) is 0 Å². The minimum absolute atomic E-state index is 0.0258. The molecule has 2 aliphatic rings. The molecular formula is C17H21FN2O2S. The van der Waals surface area contributed by atoms with E-state index in [9.17, 15) is 14.0 Å². The molecule has 2 amide bonds. The number of rotatable bonds is 5. The molecule has 1 aliphatic carbocycles. The predicted octanol–water partition coefficient (Wildman–Crippen LogP) is 1.84. The van der Waals surface area contributed by atoms with Crippen LogP contribution in [-0.4, -0.2) is 47.4 Å². The number of thioether (sulfide) groups is 1. The minimum Gasteiger partial charge on any atom is -0.344 e. The molecule has 0 spiro atoms. The molecule has 0 radical (unpaired) electrons. The maximum absolute atomic E-state index is 13.7. The van der Waals surface area contributed by atoms with Crippen molar-refractivity contribution in [3.8, 4) is 0 Å². The number of likely N-dealkylation sites (N-methyl/N-ethyl adjacent to an activating group) is 1. The van der Waals surface area contributed by atoms with Crippen molar-refractivity contribution in [1.82, 2.24) is 10.2 Å². The fraction of sp³-hybridized carbons (Fsp3) is 0.529. The second kappa shape index (κ2) is 6.91. The zero-order valence-corrected chi connectivity index (χ0v) is 13.9. The summed E-state index contributed by atoms with van der Waals surface area (Å²) in [6.07, 6.45) is 2.73. The van der Waals surface area contributed by atoms with Gasteiger partial charge in [-0.15, -0.1) is 11.8 Å². The first-order chi connectivity index (χ1) is 11.0. The van der Waals surface area contributed by atoms with Crippen molar-refractivity contribution in [1.29, 1.82) is 0 Å². The maximum Gasteiger partial charge on any atom is 0.245 e. The maximum atomic E-state index is 13.7. The minimum atomic E-state index is -0.465. The Hall–Kier alpha value is -1.56. The highest BCUT2D eigenvalue weighted by Crippen LogP contribution is 2.30. The smallest absolute Gasteiger partial charge is 0.245 e. The Bertz CT molecular complexity index is 606. The largest absolute Gasteiger partial charge is 0.344 e. The molecule has 0 aromatic heterocycles. The van der Waals surface area contributed by atoms with Gasteiger partial charge in [-0.05, 0) is 36.8 Å². The number of benzene rings is 1. The van der Waals surface area contributed by atoms with Crippen LogP contribution in [0.25, 0.3) is 0 Å². The number of amides is 2. The molecule has 6 heteroatoms. The normalized spacial score (nSPS) is 24.2. The van der Waals surface area contributed by atoms with Gasteiger partial charge in [0.05, 0.1) is 5.25 Å². The van der Waals surface area contributed by atoms with Crippen molar-refractivity contribution >= 4 is 23.6 Å². The predicted molar refractivity (Wildman–Crippen MR) is 88.6 cm³/mol. The van der Waals surface area contributed by atoms with E-state index in [1.54, 1.807) is 30.1 Å². The van der Waals surface area contributed by atoms with Crippen LogP contribution in [0.3, 0.4) is 0 Å². The molecule has 1 N–H and O–H groups in total. The van der Waals surface area contributed by atoms with Crippen molar-refractivity contribution in [2.45, 2.75) is 30.6 Å². The molecule has 1 aromatic rings. The third-order valence-electron chi connectivity index (χ3n) is 4.34. The topological polar surface area (TPSA) is 49.4 Å². The van der Waals surface area contributed by atoms with Gasteiger partial charge in [0, 0.05) is 19.3 Å². The zero-order valence-electron chi connectivity index (χ0n) is 13.1.